The van der Waals surface area contributed by atoms with Crippen molar-refractivity contribution in [2.75, 3.05) is 6.61 Å². The van der Waals surface area contributed by atoms with Gasteiger partial charge in [0, 0.05) is 25.2 Å². The molecule has 0 amide bonds. The van der Waals surface area contributed by atoms with Crippen LogP contribution in [0.1, 0.15) is 23.6 Å². The van der Waals surface area contributed by atoms with Crippen LogP contribution in [-0.4, -0.2) is 11.2 Å². The Kier molecular flexibility index (Phi) is 3.99. The van der Waals surface area contributed by atoms with E-state index in [1.807, 2.05) is 13.1 Å². The highest BCUT2D eigenvalue weighted by Gasteiger charge is 2.25. The molecule has 0 N–H and O–H groups in total. The van der Waals surface area contributed by atoms with Crippen molar-refractivity contribution in [3.63, 3.8) is 0 Å². The molecule has 0 saturated heterocycles. The third-order valence-electron chi connectivity index (χ3n) is 3.60. The van der Waals surface area contributed by atoms with E-state index in [4.69, 9.17) is 15.0 Å². The maximum Gasteiger partial charge on any atom is 0.179 e. The molecule has 0 radical (unpaired) electrons. The number of benzene rings is 1. The maximum atomic E-state index is 14.1. The fraction of sp³-hybridized carbons (Fsp3) is 0.250. The summed E-state index contributed by atoms with van der Waals surface area (Å²) >= 11 is 3.17. The lowest BCUT2D eigenvalue weighted by Crippen LogP contribution is -2.21. The monoisotopic (exact) mass is 361 g/mol. The first-order valence-corrected chi connectivity index (χ1v) is 7.61. The lowest BCUT2D eigenvalue weighted by molar-refractivity contribution is 0.254. The molecule has 0 fully saturated rings. The number of rotatable bonds is 1. The molecule has 6 heteroatoms. The maximum absolute atomic E-state index is 14.1. The van der Waals surface area contributed by atoms with Gasteiger partial charge in [0.05, 0.1) is 22.7 Å². The minimum Gasteiger partial charge on any atom is -0.490 e. The fourth-order valence-electron chi connectivity index (χ4n) is 2.48. The predicted molar refractivity (Wildman–Crippen MR) is 82.6 cm³/mol. The van der Waals surface area contributed by atoms with Gasteiger partial charge in [-0.05, 0) is 34.1 Å². The molecule has 4 nitrogen and oxygen atoms in total. The number of fused-ring (bicyclic) bond motifs is 1. The molecular formula is C16H13BrFN3O. The molecule has 0 spiro atoms. The molecule has 22 heavy (non-hydrogen) atoms. The molecule has 2 heterocycles. The van der Waals surface area contributed by atoms with Gasteiger partial charge in [-0.25, -0.2) is 4.39 Å². The molecule has 1 unspecified atom stereocenters. The van der Waals surface area contributed by atoms with Crippen molar-refractivity contribution < 1.29 is 9.13 Å². The zero-order valence-electron chi connectivity index (χ0n) is 11.9. The lowest BCUT2D eigenvalue weighted by atomic mass is 10.0. The Morgan fingerprint density at radius 3 is 2.95 bits per heavy atom. The number of aromatic nitrogens is 1. The summed E-state index contributed by atoms with van der Waals surface area (Å²) in [5.74, 6) is -0.118. The van der Waals surface area contributed by atoms with Crippen LogP contribution in [-0.2, 0) is 7.05 Å². The number of nitrogens with zero attached hydrogens (tertiary/aromatic N) is 3. The van der Waals surface area contributed by atoms with E-state index in [0.717, 1.165) is 11.1 Å². The van der Waals surface area contributed by atoms with Crippen molar-refractivity contribution in [2.24, 2.45) is 12.0 Å². The zero-order valence-corrected chi connectivity index (χ0v) is 13.5. The van der Waals surface area contributed by atoms with Gasteiger partial charge in [-0.3, -0.25) is 4.99 Å². The second-order valence-corrected chi connectivity index (χ2v) is 5.91. The van der Waals surface area contributed by atoms with E-state index in [1.165, 1.54) is 0 Å². The minimum atomic E-state index is -0.387. The van der Waals surface area contributed by atoms with Crippen LogP contribution in [0.4, 0.5) is 4.39 Å². The van der Waals surface area contributed by atoms with Gasteiger partial charge in [0.15, 0.2) is 11.6 Å². The molecule has 1 aromatic heterocycles. The van der Waals surface area contributed by atoms with Gasteiger partial charge < -0.3 is 9.30 Å². The van der Waals surface area contributed by atoms with Crippen LogP contribution in [0.3, 0.4) is 0 Å². The second-order valence-electron chi connectivity index (χ2n) is 5.06. The summed E-state index contributed by atoms with van der Waals surface area (Å²) in [4.78, 5) is 4.70. The normalized spacial score (nSPS) is 17.5. The second kappa shape index (κ2) is 5.93. The molecule has 112 valence electrons. The van der Waals surface area contributed by atoms with Gasteiger partial charge in [0.1, 0.15) is 11.6 Å². The number of ether oxygens (including phenoxy) is 1. The van der Waals surface area contributed by atoms with Crippen molar-refractivity contribution in [3.8, 4) is 11.8 Å². The largest absolute Gasteiger partial charge is 0.490 e. The van der Waals surface area contributed by atoms with Crippen LogP contribution >= 0.6 is 15.9 Å². The van der Waals surface area contributed by atoms with E-state index in [0.29, 0.717) is 23.1 Å². The van der Waals surface area contributed by atoms with E-state index >= 15 is 0 Å². The van der Waals surface area contributed by atoms with Crippen molar-refractivity contribution in [1.29, 1.82) is 5.26 Å². The molecule has 0 aliphatic carbocycles. The van der Waals surface area contributed by atoms with Gasteiger partial charge in [0.25, 0.3) is 0 Å². The molecule has 3 rings (SSSR count). The summed E-state index contributed by atoms with van der Waals surface area (Å²) in [6.07, 6.45) is 2.41. The smallest absolute Gasteiger partial charge is 0.179 e. The highest BCUT2D eigenvalue weighted by atomic mass is 79.9. The molecule has 0 saturated carbocycles. The molecule has 1 aliphatic rings. The first-order valence-electron chi connectivity index (χ1n) is 6.81. The Balaban J connectivity index is 2.08. The van der Waals surface area contributed by atoms with Crippen LogP contribution in [0, 0.1) is 17.1 Å². The third kappa shape index (κ3) is 2.64. The van der Waals surface area contributed by atoms with Gasteiger partial charge in [-0.15, -0.1) is 0 Å². The number of hydrogen-bond donors (Lipinski definition) is 0. The van der Waals surface area contributed by atoms with E-state index < -0.39 is 0 Å². The highest BCUT2D eigenvalue weighted by Crippen LogP contribution is 2.38. The molecule has 0 bridgehead atoms. The summed E-state index contributed by atoms with van der Waals surface area (Å²) in [7, 11) is 1.84. The average Bonchev–Trinajstić information content (AvgIpc) is 2.53. The SMILES string of the molecule is Cn1cc(C#N)cc/c1=N/C1CCOc2c1ccc(Br)c2F. The van der Waals surface area contributed by atoms with Crippen molar-refractivity contribution in [1.82, 2.24) is 4.57 Å². The Labute approximate surface area is 135 Å². The Morgan fingerprint density at radius 2 is 2.23 bits per heavy atom. The molecular weight excluding hydrogens is 349 g/mol. The van der Waals surface area contributed by atoms with Crippen LogP contribution in [0.2, 0.25) is 0 Å². The first kappa shape index (κ1) is 14.8. The quantitative estimate of drug-likeness (QED) is 0.782. The van der Waals surface area contributed by atoms with E-state index in [1.54, 1.807) is 29.0 Å². The number of aryl methyl sites for hydroxylation is 1. The number of nitriles is 1. The fourth-order valence-corrected chi connectivity index (χ4v) is 2.79. The molecule has 1 aliphatic heterocycles. The van der Waals surface area contributed by atoms with E-state index in [9.17, 15) is 4.39 Å². The summed E-state index contributed by atoms with van der Waals surface area (Å²) in [5, 5.41) is 8.90. The summed E-state index contributed by atoms with van der Waals surface area (Å²) < 4.78 is 21.8. The predicted octanol–water partition coefficient (Wildman–Crippen LogP) is 3.22. The zero-order chi connectivity index (χ0) is 15.7. The van der Waals surface area contributed by atoms with Crippen LogP contribution in [0.25, 0.3) is 0 Å². The van der Waals surface area contributed by atoms with Gasteiger partial charge in [-0.1, -0.05) is 6.07 Å². The average molecular weight is 362 g/mol. The van der Waals surface area contributed by atoms with Gasteiger partial charge in [-0.2, -0.15) is 5.26 Å². The first-order chi connectivity index (χ1) is 10.6. The van der Waals surface area contributed by atoms with Crippen molar-refractivity contribution >= 4 is 15.9 Å². The van der Waals surface area contributed by atoms with Crippen LogP contribution < -0.4 is 10.2 Å². The minimum absolute atomic E-state index is 0.162. The van der Waals surface area contributed by atoms with Crippen LogP contribution in [0.5, 0.6) is 5.75 Å². The van der Waals surface area contributed by atoms with Crippen molar-refractivity contribution in [3.05, 3.63) is 57.4 Å². The Hall–Kier alpha value is -2.13. The third-order valence-corrected chi connectivity index (χ3v) is 4.21. The Bertz CT molecular complexity index is 838. The molecule has 1 aromatic carbocycles. The molecule has 1 atom stereocenters. The number of halogens is 2. The topological polar surface area (TPSA) is 50.3 Å². The summed E-state index contributed by atoms with van der Waals surface area (Å²) in [5.41, 5.74) is 2.06. The van der Waals surface area contributed by atoms with E-state index in [-0.39, 0.29) is 17.6 Å². The highest BCUT2D eigenvalue weighted by molar-refractivity contribution is 9.10. The number of hydrogen-bond acceptors (Lipinski definition) is 3. The van der Waals surface area contributed by atoms with Crippen molar-refractivity contribution in [2.45, 2.75) is 12.5 Å². The summed E-state index contributed by atoms with van der Waals surface area (Å²) in [6, 6.07) is 8.95. The van der Waals surface area contributed by atoms with Crippen LogP contribution in [0.15, 0.2) is 39.9 Å². The van der Waals surface area contributed by atoms with E-state index in [2.05, 4.69) is 22.0 Å². The summed E-state index contributed by atoms with van der Waals surface area (Å²) in [6.45, 7) is 0.425. The Morgan fingerprint density at radius 1 is 1.41 bits per heavy atom. The number of pyridine rings is 1. The lowest BCUT2D eigenvalue weighted by Gasteiger charge is -2.24. The van der Waals surface area contributed by atoms with Gasteiger partial charge in [0.2, 0.25) is 0 Å². The van der Waals surface area contributed by atoms with Gasteiger partial charge >= 0.3 is 0 Å². The molecule has 2 aromatic rings. The standard InChI is InChI=1S/C16H13BrFN3O/c1-21-9-10(8-19)2-5-14(21)20-13-6-7-22-16-11(13)3-4-12(17)15(16)18/h2-5,9,13H,6-7H2,1H3/b20-14-.